The van der Waals surface area contributed by atoms with Gasteiger partial charge in [0, 0.05) is 46.8 Å². The Morgan fingerprint density at radius 3 is 2.14 bits per heavy atom. The maximum Gasteiger partial charge on any atom is 0.281 e. The molecule has 0 aromatic heterocycles. The van der Waals surface area contributed by atoms with Crippen LogP contribution >= 0.6 is 0 Å². The predicted octanol–water partition coefficient (Wildman–Crippen LogP) is 1.52. The average Bonchev–Trinajstić information content (AvgIpc) is 2.73. The Labute approximate surface area is 173 Å². The molecule has 3 rings (SSSR count). The summed E-state index contributed by atoms with van der Waals surface area (Å²) in [5.41, 5.74) is 2.26. The van der Waals surface area contributed by atoms with Crippen LogP contribution < -0.4 is 4.74 Å². The van der Waals surface area contributed by atoms with Crippen molar-refractivity contribution in [1.82, 2.24) is 13.5 Å². The first-order valence-corrected chi connectivity index (χ1v) is 11.1. The number of piperazine rings is 1. The van der Waals surface area contributed by atoms with Crippen molar-refractivity contribution in [1.29, 1.82) is 0 Å². The first-order chi connectivity index (χ1) is 13.9. The van der Waals surface area contributed by atoms with Gasteiger partial charge in [0.05, 0.1) is 0 Å². The van der Waals surface area contributed by atoms with E-state index in [1.807, 2.05) is 42.5 Å². The van der Waals surface area contributed by atoms with E-state index in [9.17, 15) is 13.5 Å². The number of aliphatic hydroxyl groups is 1. The lowest BCUT2D eigenvalue weighted by Gasteiger charge is -2.35. The molecule has 1 atom stereocenters. The van der Waals surface area contributed by atoms with Crippen LogP contribution in [0, 0.1) is 0 Å². The standard InChI is InChI=1S/C21H29N3O4S/c1-22(2)29(26,27)24-14-12-23(13-15-24)16-20(25)17-28-21-10-8-19(9-11-21)18-6-4-3-5-7-18/h3-11,20,25H,12-17H2,1-2H3/t20-/m1/s1. The molecule has 0 radical (unpaired) electrons. The molecule has 0 amide bonds. The van der Waals surface area contributed by atoms with E-state index in [1.54, 1.807) is 0 Å². The Balaban J connectivity index is 1.43. The summed E-state index contributed by atoms with van der Waals surface area (Å²) in [6.07, 6.45) is -0.638. The quantitative estimate of drug-likeness (QED) is 0.702. The summed E-state index contributed by atoms with van der Waals surface area (Å²) in [5, 5.41) is 10.3. The average molecular weight is 420 g/mol. The van der Waals surface area contributed by atoms with Crippen LogP contribution in [0.4, 0.5) is 0 Å². The van der Waals surface area contributed by atoms with Gasteiger partial charge >= 0.3 is 0 Å². The molecule has 0 unspecified atom stereocenters. The zero-order chi connectivity index (χ0) is 20.9. The molecule has 29 heavy (non-hydrogen) atoms. The molecule has 8 heteroatoms. The molecule has 2 aromatic carbocycles. The summed E-state index contributed by atoms with van der Waals surface area (Å²) in [5.74, 6) is 0.714. The third-order valence-electron chi connectivity index (χ3n) is 4.99. The number of ether oxygens (including phenoxy) is 1. The first-order valence-electron chi connectivity index (χ1n) is 9.72. The van der Waals surface area contributed by atoms with Crippen LogP contribution in [0.5, 0.6) is 5.75 Å². The number of aliphatic hydroxyl groups excluding tert-OH is 1. The topological polar surface area (TPSA) is 73.3 Å². The summed E-state index contributed by atoms with van der Waals surface area (Å²) < 4.78 is 32.7. The van der Waals surface area contributed by atoms with Gasteiger partial charge < -0.3 is 9.84 Å². The molecule has 1 heterocycles. The highest BCUT2D eigenvalue weighted by atomic mass is 32.2. The fourth-order valence-electron chi connectivity index (χ4n) is 3.29. The highest BCUT2D eigenvalue weighted by Crippen LogP contribution is 2.22. The largest absolute Gasteiger partial charge is 0.491 e. The maximum absolute atomic E-state index is 12.2. The van der Waals surface area contributed by atoms with Crippen LogP contribution in [-0.4, -0.2) is 86.6 Å². The third-order valence-corrected chi connectivity index (χ3v) is 6.93. The Morgan fingerprint density at radius 1 is 0.966 bits per heavy atom. The number of hydrogen-bond acceptors (Lipinski definition) is 5. The monoisotopic (exact) mass is 419 g/mol. The van der Waals surface area contributed by atoms with E-state index in [1.165, 1.54) is 22.7 Å². The van der Waals surface area contributed by atoms with Crippen LogP contribution in [-0.2, 0) is 10.2 Å². The Hall–Kier alpha value is -1.97. The molecular weight excluding hydrogens is 390 g/mol. The zero-order valence-electron chi connectivity index (χ0n) is 16.9. The molecule has 0 aliphatic carbocycles. The summed E-state index contributed by atoms with van der Waals surface area (Å²) in [7, 11) is -0.295. The fourth-order valence-corrected chi connectivity index (χ4v) is 4.38. The van der Waals surface area contributed by atoms with Crippen molar-refractivity contribution in [2.45, 2.75) is 6.10 Å². The Morgan fingerprint density at radius 2 is 1.55 bits per heavy atom. The molecule has 0 saturated carbocycles. The van der Waals surface area contributed by atoms with E-state index in [-0.39, 0.29) is 6.61 Å². The normalized spacial score (nSPS) is 17.4. The van der Waals surface area contributed by atoms with E-state index in [4.69, 9.17) is 4.74 Å². The first kappa shape index (κ1) is 21.7. The van der Waals surface area contributed by atoms with Gasteiger partial charge in [-0.05, 0) is 23.3 Å². The lowest BCUT2D eigenvalue weighted by atomic mass is 10.1. The van der Waals surface area contributed by atoms with Gasteiger partial charge in [0.15, 0.2) is 0 Å². The highest BCUT2D eigenvalue weighted by molar-refractivity contribution is 7.86. The van der Waals surface area contributed by atoms with Crippen LogP contribution in [0.2, 0.25) is 0 Å². The number of benzene rings is 2. The van der Waals surface area contributed by atoms with Crippen LogP contribution in [0.15, 0.2) is 54.6 Å². The van der Waals surface area contributed by atoms with Gasteiger partial charge in [-0.1, -0.05) is 42.5 Å². The van der Waals surface area contributed by atoms with Crippen molar-refractivity contribution in [2.75, 3.05) is 53.4 Å². The summed E-state index contributed by atoms with van der Waals surface area (Å²) in [4.78, 5) is 2.06. The van der Waals surface area contributed by atoms with Gasteiger partial charge in [-0.2, -0.15) is 17.0 Å². The molecule has 1 aliphatic heterocycles. The van der Waals surface area contributed by atoms with Crippen molar-refractivity contribution < 1.29 is 18.3 Å². The molecule has 1 N–H and O–H groups in total. The number of β-amino-alcohol motifs (C(OH)–C–C–N with tert-alkyl or cyclic N) is 1. The number of nitrogens with zero attached hydrogens (tertiary/aromatic N) is 3. The molecular formula is C21H29N3O4S. The zero-order valence-corrected chi connectivity index (χ0v) is 17.8. The Kier molecular flexibility index (Phi) is 7.26. The van der Waals surface area contributed by atoms with Crippen LogP contribution in [0.25, 0.3) is 11.1 Å². The molecule has 7 nitrogen and oxygen atoms in total. The number of hydrogen-bond donors (Lipinski definition) is 1. The minimum Gasteiger partial charge on any atom is -0.491 e. The smallest absolute Gasteiger partial charge is 0.281 e. The molecule has 158 valence electrons. The van der Waals surface area contributed by atoms with Crippen LogP contribution in [0.1, 0.15) is 0 Å². The van der Waals surface area contributed by atoms with Crippen molar-refractivity contribution in [3.63, 3.8) is 0 Å². The summed E-state index contributed by atoms with van der Waals surface area (Å²) in [6, 6.07) is 17.9. The second kappa shape index (κ2) is 9.69. The third kappa shape index (κ3) is 5.77. The van der Waals surface area contributed by atoms with E-state index in [0.717, 1.165) is 11.1 Å². The second-order valence-corrected chi connectivity index (χ2v) is 9.49. The van der Waals surface area contributed by atoms with E-state index < -0.39 is 16.3 Å². The number of rotatable bonds is 8. The summed E-state index contributed by atoms with van der Waals surface area (Å²) >= 11 is 0. The van der Waals surface area contributed by atoms with Crippen molar-refractivity contribution in [3.8, 4) is 16.9 Å². The molecule has 1 fully saturated rings. The van der Waals surface area contributed by atoms with Gasteiger partial charge in [-0.15, -0.1) is 0 Å². The molecule has 0 spiro atoms. The van der Waals surface area contributed by atoms with Gasteiger partial charge in [0.1, 0.15) is 18.5 Å². The molecule has 0 bridgehead atoms. The lowest BCUT2D eigenvalue weighted by Crippen LogP contribution is -2.53. The summed E-state index contributed by atoms with van der Waals surface area (Å²) in [6.45, 7) is 2.69. The van der Waals surface area contributed by atoms with Crippen LogP contribution in [0.3, 0.4) is 0 Å². The Bertz CT molecular complexity index is 865. The van der Waals surface area contributed by atoms with Crippen molar-refractivity contribution in [3.05, 3.63) is 54.6 Å². The van der Waals surface area contributed by atoms with Crippen molar-refractivity contribution in [2.24, 2.45) is 0 Å². The van der Waals surface area contributed by atoms with Gasteiger partial charge in [0.25, 0.3) is 10.2 Å². The second-order valence-electron chi connectivity index (χ2n) is 7.35. The SMILES string of the molecule is CN(C)S(=O)(=O)N1CCN(C[C@@H](O)COc2ccc(-c3ccccc3)cc2)CC1. The lowest BCUT2D eigenvalue weighted by molar-refractivity contribution is 0.0564. The molecule has 2 aromatic rings. The van der Waals surface area contributed by atoms with Crippen molar-refractivity contribution >= 4 is 10.2 Å². The van der Waals surface area contributed by atoms with Gasteiger partial charge in [-0.25, -0.2) is 0 Å². The van der Waals surface area contributed by atoms with E-state index in [2.05, 4.69) is 17.0 Å². The molecule has 1 aliphatic rings. The van der Waals surface area contributed by atoms with E-state index >= 15 is 0 Å². The predicted molar refractivity (Wildman–Crippen MR) is 114 cm³/mol. The van der Waals surface area contributed by atoms with E-state index in [0.29, 0.717) is 38.5 Å². The maximum atomic E-state index is 12.2. The minimum atomic E-state index is -3.37. The van der Waals surface area contributed by atoms with Gasteiger partial charge in [0.2, 0.25) is 0 Å². The highest BCUT2D eigenvalue weighted by Gasteiger charge is 2.29. The van der Waals surface area contributed by atoms with Gasteiger partial charge in [-0.3, -0.25) is 4.90 Å². The minimum absolute atomic E-state index is 0.195. The molecule has 1 saturated heterocycles. The fraction of sp³-hybridized carbons (Fsp3) is 0.429.